The molecule has 0 aliphatic rings. The second kappa shape index (κ2) is 10.6. The maximum absolute atomic E-state index is 14.1. The lowest BCUT2D eigenvalue weighted by atomic mass is 10.1. The normalized spacial score (nSPS) is 12.6. The summed E-state index contributed by atoms with van der Waals surface area (Å²) >= 11 is 2.96. The fraction of sp³-hybridized carbons (Fsp3) is 0.273. The SMILES string of the molecule is CCOCc1nc(O)c(S(=O)(=O)c2ccc(Br)c(F)c2)c(=O)n1[C@@H](COC)c1ccccc1. The smallest absolute Gasteiger partial charge is 0.277 e. The van der Waals surface area contributed by atoms with Crippen LogP contribution in [-0.2, 0) is 25.9 Å². The van der Waals surface area contributed by atoms with E-state index in [1.54, 1.807) is 37.3 Å². The first-order valence-corrected chi connectivity index (χ1v) is 12.2. The van der Waals surface area contributed by atoms with Crippen LogP contribution in [0.5, 0.6) is 5.88 Å². The Balaban J connectivity index is 2.31. The van der Waals surface area contributed by atoms with Crippen LogP contribution in [0.1, 0.15) is 24.4 Å². The maximum Gasteiger partial charge on any atom is 0.277 e. The zero-order valence-electron chi connectivity index (χ0n) is 17.9. The second-order valence-corrected chi connectivity index (χ2v) is 9.70. The average molecular weight is 541 g/mol. The summed E-state index contributed by atoms with van der Waals surface area (Å²) in [7, 11) is -3.17. The zero-order valence-corrected chi connectivity index (χ0v) is 20.3. The number of aromatic hydroxyl groups is 1. The summed E-state index contributed by atoms with van der Waals surface area (Å²) in [5, 5.41) is 10.5. The highest BCUT2D eigenvalue weighted by Gasteiger charge is 2.32. The third-order valence-corrected chi connectivity index (χ3v) is 7.27. The lowest BCUT2D eigenvalue weighted by molar-refractivity contribution is 0.116. The molecular formula is C22H22BrFN2O6S. The lowest BCUT2D eigenvalue weighted by Gasteiger charge is -2.23. The van der Waals surface area contributed by atoms with E-state index in [2.05, 4.69) is 20.9 Å². The molecular weight excluding hydrogens is 519 g/mol. The van der Waals surface area contributed by atoms with Gasteiger partial charge in [-0.25, -0.2) is 12.8 Å². The molecule has 0 bridgehead atoms. The Hall–Kier alpha value is -2.60. The van der Waals surface area contributed by atoms with Crippen molar-refractivity contribution in [3.63, 3.8) is 0 Å². The van der Waals surface area contributed by atoms with Crippen LogP contribution in [0.4, 0.5) is 4.39 Å². The van der Waals surface area contributed by atoms with E-state index in [-0.39, 0.29) is 23.5 Å². The molecule has 0 spiro atoms. The van der Waals surface area contributed by atoms with Gasteiger partial charge in [0.1, 0.15) is 18.2 Å². The van der Waals surface area contributed by atoms with E-state index >= 15 is 0 Å². The molecule has 3 rings (SSSR count). The second-order valence-electron chi connectivity index (χ2n) is 6.95. The zero-order chi connectivity index (χ0) is 24.2. The van der Waals surface area contributed by atoms with Crippen molar-refractivity contribution in [1.29, 1.82) is 0 Å². The summed E-state index contributed by atoms with van der Waals surface area (Å²) in [5.74, 6) is -1.80. The van der Waals surface area contributed by atoms with Gasteiger partial charge < -0.3 is 14.6 Å². The van der Waals surface area contributed by atoms with Crippen LogP contribution in [0.3, 0.4) is 0 Å². The minimum atomic E-state index is -4.62. The molecule has 0 aliphatic carbocycles. The van der Waals surface area contributed by atoms with E-state index in [1.165, 1.54) is 13.2 Å². The van der Waals surface area contributed by atoms with Gasteiger partial charge in [0.15, 0.2) is 4.90 Å². The predicted molar refractivity (Wildman–Crippen MR) is 122 cm³/mol. The molecule has 3 aromatic rings. The Morgan fingerprint density at radius 3 is 2.52 bits per heavy atom. The molecule has 1 N–H and O–H groups in total. The van der Waals surface area contributed by atoms with Crippen molar-refractivity contribution in [2.24, 2.45) is 0 Å². The summed E-state index contributed by atoms with van der Waals surface area (Å²) in [6.07, 6.45) is 0. The van der Waals surface area contributed by atoms with Gasteiger partial charge in [-0.1, -0.05) is 30.3 Å². The Kier molecular flexibility index (Phi) is 8.01. The van der Waals surface area contributed by atoms with Gasteiger partial charge >= 0.3 is 0 Å². The number of rotatable bonds is 9. The minimum Gasteiger partial charge on any atom is -0.492 e. The summed E-state index contributed by atoms with van der Waals surface area (Å²) in [6.45, 7) is 1.91. The van der Waals surface area contributed by atoms with Gasteiger partial charge in [-0.15, -0.1) is 0 Å². The van der Waals surface area contributed by atoms with Gasteiger partial charge in [-0.3, -0.25) is 9.36 Å². The molecule has 33 heavy (non-hydrogen) atoms. The van der Waals surface area contributed by atoms with Gasteiger partial charge in [0, 0.05) is 13.7 Å². The van der Waals surface area contributed by atoms with Gasteiger partial charge in [-0.2, -0.15) is 4.98 Å². The van der Waals surface area contributed by atoms with Crippen LogP contribution >= 0.6 is 15.9 Å². The number of ether oxygens (including phenoxy) is 2. The summed E-state index contributed by atoms with van der Waals surface area (Å²) in [5.41, 5.74) is -0.365. The van der Waals surface area contributed by atoms with Gasteiger partial charge in [0.2, 0.25) is 15.7 Å². The quantitative estimate of drug-likeness (QED) is 0.442. The molecule has 176 valence electrons. The molecule has 0 amide bonds. The lowest BCUT2D eigenvalue weighted by Crippen LogP contribution is -2.35. The monoisotopic (exact) mass is 540 g/mol. The Labute approximate surface area is 198 Å². The fourth-order valence-electron chi connectivity index (χ4n) is 3.32. The van der Waals surface area contributed by atoms with E-state index in [9.17, 15) is 22.7 Å². The molecule has 1 aromatic heterocycles. The summed E-state index contributed by atoms with van der Waals surface area (Å²) in [6, 6.07) is 11.2. The third kappa shape index (κ3) is 5.16. The maximum atomic E-state index is 14.1. The minimum absolute atomic E-state index is 0.0158. The van der Waals surface area contributed by atoms with E-state index in [4.69, 9.17) is 9.47 Å². The number of halogens is 2. The fourth-order valence-corrected chi connectivity index (χ4v) is 4.92. The number of sulfone groups is 1. The van der Waals surface area contributed by atoms with Crippen molar-refractivity contribution in [3.05, 3.63) is 80.6 Å². The molecule has 11 heteroatoms. The van der Waals surface area contributed by atoms with Crippen molar-refractivity contribution >= 4 is 25.8 Å². The topological polar surface area (TPSA) is 108 Å². The van der Waals surface area contributed by atoms with Crippen LogP contribution in [0.2, 0.25) is 0 Å². The van der Waals surface area contributed by atoms with Crippen molar-refractivity contribution < 1.29 is 27.4 Å². The van der Waals surface area contributed by atoms with Gasteiger partial charge in [0.05, 0.1) is 22.0 Å². The van der Waals surface area contributed by atoms with Crippen LogP contribution in [-0.4, -0.2) is 43.4 Å². The molecule has 1 atom stereocenters. The largest absolute Gasteiger partial charge is 0.492 e. The van der Waals surface area contributed by atoms with E-state index in [1.807, 2.05) is 0 Å². The van der Waals surface area contributed by atoms with Crippen LogP contribution < -0.4 is 5.56 Å². The molecule has 0 fully saturated rings. The molecule has 2 aromatic carbocycles. The van der Waals surface area contributed by atoms with E-state index in [0.29, 0.717) is 12.2 Å². The Morgan fingerprint density at radius 1 is 1.21 bits per heavy atom. The standard InChI is InChI=1S/C22H22BrFN2O6S/c1-3-32-13-19-25-21(27)20(33(29,30)15-9-10-16(23)17(24)11-15)22(28)26(19)18(12-31-2)14-7-5-4-6-8-14/h4-11,18,27H,3,12-13H2,1-2H3/t18-/m0/s1. The number of hydrogen-bond donors (Lipinski definition) is 1. The van der Waals surface area contributed by atoms with Gasteiger partial charge in [0.25, 0.3) is 5.56 Å². The first-order valence-electron chi connectivity index (χ1n) is 9.88. The van der Waals surface area contributed by atoms with Crippen LogP contribution in [0.25, 0.3) is 0 Å². The summed E-state index contributed by atoms with van der Waals surface area (Å²) in [4.78, 5) is 16.1. The Bertz CT molecular complexity index is 1300. The van der Waals surface area contributed by atoms with Crippen LogP contribution in [0, 0.1) is 5.82 Å². The third-order valence-electron chi connectivity index (χ3n) is 4.86. The van der Waals surface area contributed by atoms with Crippen LogP contribution in [0.15, 0.2) is 67.6 Å². The molecule has 0 saturated heterocycles. The number of aromatic nitrogens is 2. The molecule has 8 nitrogen and oxygen atoms in total. The highest BCUT2D eigenvalue weighted by Crippen LogP contribution is 2.29. The van der Waals surface area contributed by atoms with E-state index in [0.717, 1.165) is 16.7 Å². The molecule has 0 saturated carbocycles. The highest BCUT2D eigenvalue weighted by molar-refractivity contribution is 9.10. The first kappa shape index (κ1) is 25.0. The van der Waals surface area contributed by atoms with Crippen molar-refractivity contribution in [3.8, 4) is 5.88 Å². The predicted octanol–water partition coefficient (Wildman–Crippen LogP) is 3.46. The molecule has 0 aliphatic heterocycles. The number of methoxy groups -OCH3 is 1. The number of benzene rings is 2. The number of nitrogens with zero attached hydrogens (tertiary/aromatic N) is 2. The van der Waals surface area contributed by atoms with E-state index < -0.39 is 42.9 Å². The average Bonchev–Trinajstić information content (AvgIpc) is 2.78. The molecule has 1 heterocycles. The van der Waals surface area contributed by atoms with Crippen molar-refractivity contribution in [2.45, 2.75) is 29.4 Å². The van der Waals surface area contributed by atoms with Crippen molar-refractivity contribution in [1.82, 2.24) is 9.55 Å². The highest BCUT2D eigenvalue weighted by atomic mass is 79.9. The Morgan fingerprint density at radius 2 is 1.91 bits per heavy atom. The van der Waals surface area contributed by atoms with Crippen molar-refractivity contribution in [2.75, 3.05) is 20.3 Å². The first-order chi connectivity index (χ1) is 15.7. The van der Waals surface area contributed by atoms with Gasteiger partial charge in [-0.05, 0) is 46.6 Å². The summed E-state index contributed by atoms with van der Waals surface area (Å²) < 4.78 is 52.5. The number of hydrogen-bond acceptors (Lipinski definition) is 7. The molecule has 0 unspecified atom stereocenters. The molecule has 0 radical (unpaired) electrons.